The molecule has 6 heteroatoms. The van der Waals surface area contributed by atoms with Crippen LogP contribution in [-0.2, 0) is 24.8 Å². The molecule has 0 aliphatic carbocycles. The molecule has 1 aromatic carbocycles. The summed E-state index contributed by atoms with van der Waals surface area (Å²) < 4.78 is 1.91. The first-order chi connectivity index (χ1) is 16.0. The lowest BCUT2D eigenvalue weighted by molar-refractivity contribution is -0.134. The minimum Gasteiger partial charge on any atom is -0.352 e. The minimum atomic E-state index is -0.478. The number of rotatable bonds is 8. The van der Waals surface area contributed by atoms with Crippen molar-refractivity contribution in [3.05, 3.63) is 84.5 Å². The second-order valence-electron chi connectivity index (χ2n) is 9.09. The van der Waals surface area contributed by atoms with Crippen molar-refractivity contribution < 1.29 is 4.79 Å². The minimum absolute atomic E-state index is 0.115. The fraction of sp³-hybridized carbons (Fsp3) is 0.370. The van der Waals surface area contributed by atoms with Gasteiger partial charge in [0.1, 0.15) is 0 Å². The van der Waals surface area contributed by atoms with E-state index in [1.807, 2.05) is 42.5 Å². The number of hydrogen-bond acceptors (Lipinski definition) is 4. The van der Waals surface area contributed by atoms with Crippen molar-refractivity contribution in [2.45, 2.75) is 32.7 Å². The molecule has 172 valence electrons. The average Bonchev–Trinajstić information content (AvgIpc) is 3.15. The van der Waals surface area contributed by atoms with E-state index < -0.39 is 5.41 Å². The molecule has 1 saturated heterocycles. The molecule has 1 aliphatic rings. The van der Waals surface area contributed by atoms with E-state index >= 15 is 0 Å². The van der Waals surface area contributed by atoms with Gasteiger partial charge in [-0.15, -0.1) is 6.58 Å². The number of carbonyl (C=O) groups excluding carboxylic acids is 1. The number of nitrogens with zero attached hydrogens (tertiary/aromatic N) is 4. The number of nitrogens with one attached hydrogen (secondary N) is 1. The van der Waals surface area contributed by atoms with E-state index in [0.717, 1.165) is 43.6 Å². The lowest BCUT2D eigenvalue weighted by Crippen LogP contribution is -2.53. The molecule has 1 amide bonds. The van der Waals surface area contributed by atoms with Gasteiger partial charge in [0, 0.05) is 50.3 Å². The van der Waals surface area contributed by atoms with Crippen molar-refractivity contribution in [3.63, 3.8) is 0 Å². The predicted octanol–water partition coefficient (Wildman–Crippen LogP) is 3.92. The van der Waals surface area contributed by atoms with Crippen LogP contribution < -0.4 is 5.32 Å². The summed E-state index contributed by atoms with van der Waals surface area (Å²) in [7, 11) is 1.97. The number of aromatic nitrogens is 3. The molecule has 3 aromatic rings. The number of piperidine rings is 1. The Kier molecular flexibility index (Phi) is 7.04. The Balaban J connectivity index is 1.60. The highest BCUT2D eigenvalue weighted by molar-refractivity contribution is 5.83. The van der Waals surface area contributed by atoms with Gasteiger partial charge in [-0.1, -0.05) is 30.3 Å². The summed E-state index contributed by atoms with van der Waals surface area (Å²) in [6.45, 7) is 8.88. The number of pyridine rings is 1. The fourth-order valence-electron chi connectivity index (χ4n) is 4.86. The Morgan fingerprint density at radius 3 is 2.79 bits per heavy atom. The van der Waals surface area contributed by atoms with Crippen LogP contribution in [0.1, 0.15) is 29.7 Å². The van der Waals surface area contributed by atoms with E-state index in [4.69, 9.17) is 0 Å². The second-order valence-corrected chi connectivity index (χ2v) is 9.09. The standard InChI is InChI=1S/C27H33N5O/c1-4-12-29-26(33)27(11-6-15-32(20-27)19-25-18-30-31(3)21(25)2)17-22-7-5-8-24(16-22)23-9-13-28-14-10-23/h4-5,7-10,13-14,16,18H,1,6,11-12,15,17,19-20H2,2-3H3,(H,29,33)/t27-/m1/s1. The van der Waals surface area contributed by atoms with Crippen molar-refractivity contribution in [3.8, 4) is 11.1 Å². The van der Waals surface area contributed by atoms with Crippen LogP contribution in [0, 0.1) is 12.3 Å². The summed E-state index contributed by atoms with van der Waals surface area (Å²) in [5.74, 6) is 0.115. The van der Waals surface area contributed by atoms with E-state index in [1.165, 1.54) is 16.8 Å². The predicted molar refractivity (Wildman–Crippen MR) is 131 cm³/mol. The number of hydrogen-bond donors (Lipinski definition) is 1. The summed E-state index contributed by atoms with van der Waals surface area (Å²) >= 11 is 0. The Hall–Kier alpha value is -3.25. The van der Waals surface area contributed by atoms with Crippen LogP contribution in [0.5, 0.6) is 0 Å². The number of benzene rings is 1. The van der Waals surface area contributed by atoms with Gasteiger partial charge in [0.2, 0.25) is 5.91 Å². The van der Waals surface area contributed by atoms with Gasteiger partial charge in [-0.2, -0.15) is 5.10 Å². The summed E-state index contributed by atoms with van der Waals surface area (Å²) in [5, 5.41) is 7.50. The van der Waals surface area contributed by atoms with Gasteiger partial charge in [0.25, 0.3) is 0 Å². The van der Waals surface area contributed by atoms with E-state index in [1.54, 1.807) is 6.08 Å². The van der Waals surface area contributed by atoms with Crippen LogP contribution >= 0.6 is 0 Å². The van der Waals surface area contributed by atoms with Crippen LogP contribution in [0.25, 0.3) is 11.1 Å². The highest BCUT2D eigenvalue weighted by atomic mass is 16.2. The topological polar surface area (TPSA) is 63.1 Å². The Morgan fingerprint density at radius 2 is 2.06 bits per heavy atom. The molecular weight excluding hydrogens is 410 g/mol. The summed E-state index contributed by atoms with van der Waals surface area (Å²) in [4.78, 5) is 20.0. The Bertz CT molecular complexity index is 1110. The van der Waals surface area contributed by atoms with Crippen LogP contribution in [0.3, 0.4) is 0 Å². The Labute approximate surface area is 196 Å². The van der Waals surface area contributed by atoms with Gasteiger partial charge in [0.15, 0.2) is 0 Å². The molecule has 0 saturated carbocycles. The van der Waals surface area contributed by atoms with Gasteiger partial charge in [-0.25, -0.2) is 0 Å². The molecule has 4 rings (SSSR count). The van der Waals surface area contributed by atoms with E-state index in [0.29, 0.717) is 13.0 Å². The highest BCUT2D eigenvalue weighted by Crippen LogP contribution is 2.36. The van der Waals surface area contributed by atoms with Gasteiger partial charge in [-0.05, 0) is 61.6 Å². The molecule has 33 heavy (non-hydrogen) atoms. The summed E-state index contributed by atoms with van der Waals surface area (Å²) in [6, 6.07) is 12.6. The molecule has 0 spiro atoms. The monoisotopic (exact) mass is 443 g/mol. The zero-order chi connectivity index (χ0) is 23.3. The molecule has 0 radical (unpaired) electrons. The number of amides is 1. The molecule has 0 bridgehead atoms. The molecular formula is C27H33N5O. The first-order valence-electron chi connectivity index (χ1n) is 11.6. The highest BCUT2D eigenvalue weighted by Gasteiger charge is 2.42. The maximum atomic E-state index is 13.5. The van der Waals surface area contributed by atoms with Crippen molar-refractivity contribution in [2.24, 2.45) is 12.5 Å². The van der Waals surface area contributed by atoms with E-state index in [2.05, 4.69) is 58.1 Å². The molecule has 0 unspecified atom stereocenters. The average molecular weight is 444 g/mol. The van der Waals surface area contributed by atoms with Crippen molar-refractivity contribution in [1.29, 1.82) is 0 Å². The first kappa shape index (κ1) is 22.9. The number of aryl methyl sites for hydroxylation is 1. The smallest absolute Gasteiger partial charge is 0.228 e. The van der Waals surface area contributed by atoms with Gasteiger partial charge >= 0.3 is 0 Å². The zero-order valence-corrected chi connectivity index (χ0v) is 19.6. The summed E-state index contributed by atoms with van der Waals surface area (Å²) in [5.41, 5.74) is 5.38. The molecule has 3 heterocycles. The Morgan fingerprint density at radius 1 is 1.24 bits per heavy atom. The molecule has 6 nitrogen and oxygen atoms in total. The third-order valence-corrected chi connectivity index (χ3v) is 6.76. The fourth-order valence-corrected chi connectivity index (χ4v) is 4.86. The van der Waals surface area contributed by atoms with Gasteiger partial charge in [-0.3, -0.25) is 19.4 Å². The zero-order valence-electron chi connectivity index (χ0n) is 19.6. The van der Waals surface area contributed by atoms with Crippen molar-refractivity contribution in [2.75, 3.05) is 19.6 Å². The second kappa shape index (κ2) is 10.1. The first-order valence-corrected chi connectivity index (χ1v) is 11.6. The molecule has 1 N–H and O–H groups in total. The maximum absolute atomic E-state index is 13.5. The molecule has 1 atom stereocenters. The van der Waals surface area contributed by atoms with E-state index in [-0.39, 0.29) is 5.91 Å². The largest absolute Gasteiger partial charge is 0.352 e. The van der Waals surface area contributed by atoms with Crippen LogP contribution in [-0.4, -0.2) is 45.2 Å². The number of carbonyl (C=O) groups is 1. The van der Waals surface area contributed by atoms with Crippen LogP contribution in [0.2, 0.25) is 0 Å². The lowest BCUT2D eigenvalue weighted by Gasteiger charge is -2.42. The van der Waals surface area contributed by atoms with Gasteiger partial charge in [0.05, 0.1) is 11.6 Å². The maximum Gasteiger partial charge on any atom is 0.228 e. The van der Waals surface area contributed by atoms with Crippen molar-refractivity contribution in [1.82, 2.24) is 25.0 Å². The van der Waals surface area contributed by atoms with Gasteiger partial charge < -0.3 is 5.32 Å². The lowest BCUT2D eigenvalue weighted by atomic mass is 9.74. The molecule has 2 aromatic heterocycles. The number of likely N-dealkylation sites (tertiary alicyclic amines) is 1. The van der Waals surface area contributed by atoms with Crippen LogP contribution in [0.15, 0.2) is 67.6 Å². The quantitative estimate of drug-likeness (QED) is 0.536. The van der Waals surface area contributed by atoms with Crippen LogP contribution in [0.4, 0.5) is 0 Å². The van der Waals surface area contributed by atoms with Crippen molar-refractivity contribution >= 4 is 5.91 Å². The molecule has 1 fully saturated rings. The SMILES string of the molecule is C=CCNC(=O)[C@@]1(Cc2cccc(-c3ccncc3)c2)CCCN(Cc2cnn(C)c2C)C1. The summed E-state index contributed by atoms with van der Waals surface area (Å²) in [6.07, 6.45) is 9.88. The third kappa shape index (κ3) is 5.22. The normalized spacial score (nSPS) is 18.7. The third-order valence-electron chi connectivity index (χ3n) is 6.76. The molecule has 1 aliphatic heterocycles. The van der Waals surface area contributed by atoms with E-state index in [9.17, 15) is 4.79 Å².